The Morgan fingerprint density at radius 1 is 1.31 bits per heavy atom. The SMILES string of the molecule is CC(N)Cc1ccc2cc(F)cc(F)c2n1. The van der Waals surface area contributed by atoms with E-state index < -0.39 is 11.6 Å². The average Bonchev–Trinajstić information content (AvgIpc) is 2.18. The first-order valence-corrected chi connectivity index (χ1v) is 5.06. The molecule has 0 amide bonds. The van der Waals surface area contributed by atoms with Crippen LogP contribution in [0, 0.1) is 11.6 Å². The molecule has 0 saturated heterocycles. The van der Waals surface area contributed by atoms with Crippen molar-refractivity contribution in [2.24, 2.45) is 5.73 Å². The number of fused-ring (bicyclic) bond motifs is 1. The van der Waals surface area contributed by atoms with Gasteiger partial charge in [-0.05, 0) is 19.1 Å². The van der Waals surface area contributed by atoms with Gasteiger partial charge in [-0.2, -0.15) is 0 Å². The van der Waals surface area contributed by atoms with Gasteiger partial charge in [0.15, 0.2) is 5.82 Å². The predicted molar refractivity (Wildman–Crippen MR) is 59.0 cm³/mol. The van der Waals surface area contributed by atoms with Crippen LogP contribution in [-0.2, 0) is 6.42 Å². The summed E-state index contributed by atoms with van der Waals surface area (Å²) in [5.74, 6) is -1.23. The van der Waals surface area contributed by atoms with E-state index >= 15 is 0 Å². The summed E-state index contributed by atoms with van der Waals surface area (Å²) in [5.41, 5.74) is 6.55. The first-order chi connectivity index (χ1) is 7.56. The number of hydrogen-bond donors (Lipinski definition) is 1. The normalized spacial score (nSPS) is 13.0. The van der Waals surface area contributed by atoms with E-state index in [1.165, 1.54) is 6.07 Å². The maximum atomic E-state index is 13.4. The molecule has 0 spiro atoms. The molecule has 4 heteroatoms. The van der Waals surface area contributed by atoms with Crippen molar-refractivity contribution in [1.82, 2.24) is 4.98 Å². The Bertz CT molecular complexity index is 524. The lowest BCUT2D eigenvalue weighted by molar-refractivity contribution is 0.590. The summed E-state index contributed by atoms with van der Waals surface area (Å²) in [6, 6.07) is 5.47. The average molecular weight is 222 g/mol. The molecule has 0 aliphatic heterocycles. The van der Waals surface area contributed by atoms with Crippen molar-refractivity contribution in [3.8, 4) is 0 Å². The summed E-state index contributed by atoms with van der Waals surface area (Å²) in [6.07, 6.45) is 0.576. The molecule has 0 aliphatic carbocycles. The molecule has 1 aromatic heterocycles. The van der Waals surface area contributed by atoms with Crippen molar-refractivity contribution < 1.29 is 8.78 Å². The number of aromatic nitrogens is 1. The first kappa shape index (κ1) is 11.0. The zero-order chi connectivity index (χ0) is 11.7. The van der Waals surface area contributed by atoms with Gasteiger partial charge in [0, 0.05) is 29.6 Å². The van der Waals surface area contributed by atoms with Crippen LogP contribution in [0.5, 0.6) is 0 Å². The molecule has 0 bridgehead atoms. The standard InChI is InChI=1S/C12H12F2N2/c1-7(15)4-10-3-2-8-5-9(13)6-11(14)12(8)16-10/h2-3,5-7H,4,15H2,1H3. The number of nitrogens with two attached hydrogens (primary N) is 1. The van der Waals surface area contributed by atoms with Crippen LogP contribution in [0.3, 0.4) is 0 Å². The molecule has 0 saturated carbocycles. The fourth-order valence-corrected chi connectivity index (χ4v) is 1.64. The van der Waals surface area contributed by atoms with Gasteiger partial charge in [0.05, 0.1) is 0 Å². The minimum atomic E-state index is -0.637. The summed E-state index contributed by atoms with van der Waals surface area (Å²) in [5, 5.41) is 0.464. The second kappa shape index (κ2) is 4.14. The van der Waals surface area contributed by atoms with Crippen molar-refractivity contribution in [2.75, 3.05) is 0 Å². The van der Waals surface area contributed by atoms with Gasteiger partial charge in [0.25, 0.3) is 0 Å². The van der Waals surface area contributed by atoms with Gasteiger partial charge in [-0.15, -0.1) is 0 Å². The van der Waals surface area contributed by atoms with Crippen LogP contribution in [0.2, 0.25) is 0 Å². The zero-order valence-electron chi connectivity index (χ0n) is 8.87. The van der Waals surface area contributed by atoms with E-state index in [1.54, 1.807) is 12.1 Å². The van der Waals surface area contributed by atoms with E-state index in [-0.39, 0.29) is 11.6 Å². The molecule has 2 nitrogen and oxygen atoms in total. The van der Waals surface area contributed by atoms with E-state index in [4.69, 9.17) is 5.73 Å². The Morgan fingerprint density at radius 2 is 2.06 bits per heavy atom. The highest BCUT2D eigenvalue weighted by Gasteiger charge is 2.07. The van der Waals surface area contributed by atoms with Crippen molar-refractivity contribution >= 4 is 10.9 Å². The van der Waals surface area contributed by atoms with Gasteiger partial charge in [0.1, 0.15) is 11.3 Å². The van der Waals surface area contributed by atoms with Gasteiger partial charge in [0.2, 0.25) is 0 Å². The molecule has 84 valence electrons. The van der Waals surface area contributed by atoms with Crippen LogP contribution < -0.4 is 5.73 Å². The largest absolute Gasteiger partial charge is 0.328 e. The van der Waals surface area contributed by atoms with E-state index in [9.17, 15) is 8.78 Å². The van der Waals surface area contributed by atoms with E-state index in [1.807, 2.05) is 6.92 Å². The monoisotopic (exact) mass is 222 g/mol. The zero-order valence-corrected chi connectivity index (χ0v) is 8.87. The second-order valence-corrected chi connectivity index (χ2v) is 3.94. The number of halogens is 2. The fourth-order valence-electron chi connectivity index (χ4n) is 1.64. The number of rotatable bonds is 2. The number of nitrogens with zero attached hydrogens (tertiary/aromatic N) is 1. The molecule has 1 atom stereocenters. The highest BCUT2D eigenvalue weighted by atomic mass is 19.1. The fraction of sp³-hybridized carbons (Fsp3) is 0.250. The highest BCUT2D eigenvalue weighted by molar-refractivity contribution is 5.79. The summed E-state index contributed by atoms with van der Waals surface area (Å²) in [4.78, 5) is 4.13. The van der Waals surface area contributed by atoms with E-state index in [2.05, 4.69) is 4.98 Å². The quantitative estimate of drug-likeness (QED) is 0.847. The molecule has 0 radical (unpaired) electrons. The summed E-state index contributed by atoms with van der Waals surface area (Å²) in [7, 11) is 0. The third kappa shape index (κ3) is 2.17. The van der Waals surface area contributed by atoms with Gasteiger partial charge in [-0.25, -0.2) is 13.8 Å². The van der Waals surface area contributed by atoms with Gasteiger partial charge < -0.3 is 5.73 Å². The Morgan fingerprint density at radius 3 is 2.75 bits per heavy atom. The molecule has 2 aromatic rings. The number of benzene rings is 1. The van der Waals surface area contributed by atoms with Crippen LogP contribution in [0.15, 0.2) is 24.3 Å². The lowest BCUT2D eigenvalue weighted by atomic mass is 10.1. The highest BCUT2D eigenvalue weighted by Crippen LogP contribution is 2.18. The predicted octanol–water partition coefficient (Wildman–Crippen LogP) is 2.40. The van der Waals surface area contributed by atoms with Crippen LogP contribution >= 0.6 is 0 Å². The number of hydrogen-bond acceptors (Lipinski definition) is 2. The van der Waals surface area contributed by atoms with Crippen LogP contribution in [0.25, 0.3) is 10.9 Å². The lowest BCUT2D eigenvalue weighted by Crippen LogP contribution is -2.18. The smallest absolute Gasteiger partial charge is 0.152 e. The molecular weight excluding hydrogens is 210 g/mol. The second-order valence-electron chi connectivity index (χ2n) is 3.94. The van der Waals surface area contributed by atoms with E-state index in [0.717, 1.165) is 6.07 Å². The molecule has 0 aliphatic rings. The van der Waals surface area contributed by atoms with Crippen LogP contribution in [0.4, 0.5) is 8.78 Å². The topological polar surface area (TPSA) is 38.9 Å². The van der Waals surface area contributed by atoms with Crippen molar-refractivity contribution in [2.45, 2.75) is 19.4 Å². The van der Waals surface area contributed by atoms with Gasteiger partial charge >= 0.3 is 0 Å². The summed E-state index contributed by atoms with van der Waals surface area (Å²) < 4.78 is 26.4. The summed E-state index contributed by atoms with van der Waals surface area (Å²) in [6.45, 7) is 1.85. The third-order valence-corrected chi connectivity index (χ3v) is 2.30. The lowest BCUT2D eigenvalue weighted by Gasteiger charge is -2.06. The van der Waals surface area contributed by atoms with Crippen molar-refractivity contribution in [1.29, 1.82) is 0 Å². The molecular formula is C12H12F2N2. The molecule has 16 heavy (non-hydrogen) atoms. The first-order valence-electron chi connectivity index (χ1n) is 5.06. The molecule has 1 unspecified atom stereocenters. The van der Waals surface area contributed by atoms with Crippen LogP contribution in [0.1, 0.15) is 12.6 Å². The summed E-state index contributed by atoms with van der Waals surface area (Å²) >= 11 is 0. The maximum absolute atomic E-state index is 13.4. The third-order valence-electron chi connectivity index (χ3n) is 2.30. The minimum Gasteiger partial charge on any atom is -0.328 e. The van der Waals surface area contributed by atoms with Crippen LogP contribution in [-0.4, -0.2) is 11.0 Å². The van der Waals surface area contributed by atoms with Gasteiger partial charge in [-0.1, -0.05) is 6.07 Å². The molecule has 1 aromatic carbocycles. The van der Waals surface area contributed by atoms with Gasteiger partial charge in [-0.3, -0.25) is 0 Å². The maximum Gasteiger partial charge on any atom is 0.152 e. The molecule has 1 heterocycles. The number of pyridine rings is 1. The van der Waals surface area contributed by atoms with Crippen molar-refractivity contribution in [3.05, 3.63) is 41.6 Å². The Hall–Kier alpha value is -1.55. The Balaban J connectivity index is 2.53. The molecule has 0 fully saturated rings. The van der Waals surface area contributed by atoms with Crippen molar-refractivity contribution in [3.63, 3.8) is 0 Å². The van der Waals surface area contributed by atoms with E-state index in [0.29, 0.717) is 17.5 Å². The minimum absolute atomic E-state index is 0.0338. The Labute approximate surface area is 92.1 Å². The molecule has 2 rings (SSSR count). The molecule has 2 N–H and O–H groups in total. The Kier molecular flexibility index (Phi) is 2.83.